The monoisotopic (exact) mass is 660 g/mol. The summed E-state index contributed by atoms with van der Waals surface area (Å²) >= 11 is 0. The predicted octanol–water partition coefficient (Wildman–Crippen LogP) is 6.27. The standard InChI is InChI=1S/C36H48N2O6Si2/c1-23(38-33(39)31-32(29(42-6)21-22-37-31)44-35(41)36(3,4)5)34(40)43-24(2)30(25-13-17-27(18-14-25)45(7,8)9)26-15-19-28(20-16-26)46(10,11)12/h13-23H,1-12H3,(H,38,39)/t23-/m0/s1. The molecule has 0 fully saturated rings. The number of amides is 1. The number of esters is 2. The van der Waals surface area contributed by atoms with Crippen LogP contribution in [0.25, 0.3) is 5.57 Å². The van der Waals surface area contributed by atoms with Crippen LogP contribution in [0, 0.1) is 5.41 Å². The third kappa shape index (κ3) is 9.04. The molecular formula is C36H48N2O6Si2. The van der Waals surface area contributed by atoms with Gasteiger partial charge in [-0.3, -0.25) is 9.59 Å². The lowest BCUT2D eigenvalue weighted by Gasteiger charge is -2.21. The third-order valence-electron chi connectivity index (χ3n) is 7.50. The molecule has 1 atom stereocenters. The van der Waals surface area contributed by atoms with Gasteiger partial charge in [0.15, 0.2) is 11.4 Å². The number of benzene rings is 2. The van der Waals surface area contributed by atoms with Crippen LogP contribution in [-0.4, -0.2) is 52.1 Å². The van der Waals surface area contributed by atoms with Crippen molar-refractivity contribution in [3.8, 4) is 11.5 Å². The highest BCUT2D eigenvalue weighted by Gasteiger charge is 2.30. The van der Waals surface area contributed by atoms with Crippen LogP contribution in [0.3, 0.4) is 0 Å². The Bertz CT molecular complexity index is 1550. The predicted molar refractivity (Wildman–Crippen MR) is 189 cm³/mol. The molecule has 0 spiro atoms. The van der Waals surface area contributed by atoms with Gasteiger partial charge in [0.05, 0.1) is 28.7 Å². The summed E-state index contributed by atoms with van der Waals surface area (Å²) in [5.41, 5.74) is 1.62. The van der Waals surface area contributed by atoms with E-state index < -0.39 is 45.5 Å². The topological polar surface area (TPSA) is 104 Å². The fraction of sp³-hybridized carbons (Fsp3) is 0.389. The zero-order chi connectivity index (χ0) is 34.6. The molecule has 0 radical (unpaired) electrons. The smallest absolute Gasteiger partial charge is 0.333 e. The van der Waals surface area contributed by atoms with Gasteiger partial charge >= 0.3 is 11.9 Å². The summed E-state index contributed by atoms with van der Waals surface area (Å²) in [6.45, 7) is 22.2. The summed E-state index contributed by atoms with van der Waals surface area (Å²) in [6.07, 6.45) is 1.37. The number of carbonyl (C=O) groups is 3. The molecule has 0 aliphatic heterocycles. The van der Waals surface area contributed by atoms with Gasteiger partial charge in [-0.05, 0) is 45.7 Å². The van der Waals surface area contributed by atoms with Crippen molar-refractivity contribution in [3.63, 3.8) is 0 Å². The van der Waals surface area contributed by atoms with Crippen molar-refractivity contribution in [2.24, 2.45) is 5.41 Å². The van der Waals surface area contributed by atoms with Gasteiger partial charge in [-0.15, -0.1) is 0 Å². The van der Waals surface area contributed by atoms with E-state index in [2.05, 4.69) is 98.1 Å². The van der Waals surface area contributed by atoms with E-state index in [1.165, 1.54) is 36.7 Å². The molecule has 3 aromatic rings. The second-order valence-corrected chi connectivity index (χ2v) is 24.7. The molecule has 1 aromatic heterocycles. The molecule has 0 saturated carbocycles. The van der Waals surface area contributed by atoms with E-state index in [0.29, 0.717) is 5.76 Å². The molecule has 246 valence electrons. The zero-order valence-electron chi connectivity index (χ0n) is 29.2. The van der Waals surface area contributed by atoms with Crippen molar-refractivity contribution in [2.45, 2.75) is 79.9 Å². The van der Waals surface area contributed by atoms with Crippen LogP contribution >= 0.6 is 0 Å². The van der Waals surface area contributed by atoms with Crippen LogP contribution in [0.2, 0.25) is 39.3 Å². The average molecular weight is 661 g/mol. The summed E-state index contributed by atoms with van der Waals surface area (Å²) in [4.78, 5) is 43.5. The lowest BCUT2D eigenvalue weighted by Crippen LogP contribution is -2.40. The number of pyridine rings is 1. The Hall–Kier alpha value is -4.03. The molecule has 0 aliphatic carbocycles. The highest BCUT2D eigenvalue weighted by atomic mass is 28.3. The lowest BCUT2D eigenvalue weighted by molar-refractivity contribution is -0.143. The van der Waals surface area contributed by atoms with Gasteiger partial charge in [0.25, 0.3) is 5.91 Å². The van der Waals surface area contributed by atoms with E-state index in [1.54, 1.807) is 27.7 Å². The molecule has 0 saturated heterocycles. The summed E-state index contributed by atoms with van der Waals surface area (Å²) < 4.78 is 16.8. The van der Waals surface area contributed by atoms with Crippen molar-refractivity contribution in [1.29, 1.82) is 0 Å². The fourth-order valence-electron chi connectivity index (χ4n) is 4.56. The number of aromatic nitrogens is 1. The zero-order valence-corrected chi connectivity index (χ0v) is 31.2. The highest BCUT2D eigenvalue weighted by molar-refractivity contribution is 6.89. The first-order chi connectivity index (χ1) is 21.2. The van der Waals surface area contributed by atoms with E-state index in [1.807, 2.05) is 0 Å². The third-order valence-corrected chi connectivity index (χ3v) is 11.6. The Balaban J connectivity index is 1.94. The maximum absolute atomic E-state index is 13.4. The first-order valence-electron chi connectivity index (χ1n) is 15.4. The summed E-state index contributed by atoms with van der Waals surface area (Å²) in [5, 5.41) is 5.29. The van der Waals surface area contributed by atoms with Crippen LogP contribution in [0.15, 0.2) is 66.6 Å². The number of methoxy groups -OCH3 is 1. The maximum Gasteiger partial charge on any atom is 0.333 e. The Labute approximate surface area is 275 Å². The molecule has 1 N–H and O–H groups in total. The summed E-state index contributed by atoms with van der Waals surface area (Å²) in [7, 11) is -1.64. The van der Waals surface area contributed by atoms with Crippen LogP contribution < -0.4 is 25.2 Å². The van der Waals surface area contributed by atoms with Gasteiger partial charge < -0.3 is 19.5 Å². The van der Waals surface area contributed by atoms with Crippen molar-refractivity contribution >= 4 is 49.9 Å². The molecule has 46 heavy (non-hydrogen) atoms. The molecule has 10 heteroatoms. The average Bonchev–Trinajstić information content (AvgIpc) is 2.96. The van der Waals surface area contributed by atoms with Crippen LogP contribution in [0.4, 0.5) is 0 Å². The first kappa shape index (κ1) is 36.4. The van der Waals surface area contributed by atoms with E-state index in [9.17, 15) is 14.4 Å². The Morgan fingerprint density at radius 2 is 1.28 bits per heavy atom. The molecule has 3 rings (SSSR count). The second-order valence-electron chi connectivity index (χ2n) is 14.5. The largest absolute Gasteiger partial charge is 0.493 e. The van der Waals surface area contributed by atoms with E-state index in [0.717, 1.165) is 16.7 Å². The minimum absolute atomic E-state index is 0.120. The molecule has 1 heterocycles. The summed E-state index contributed by atoms with van der Waals surface area (Å²) in [5.74, 6) is -1.49. The van der Waals surface area contributed by atoms with Gasteiger partial charge in [0.1, 0.15) is 11.8 Å². The fourth-order valence-corrected chi connectivity index (χ4v) is 6.89. The molecule has 2 aromatic carbocycles. The normalized spacial score (nSPS) is 12.5. The number of allylic oxidation sites excluding steroid dienone is 1. The van der Waals surface area contributed by atoms with Crippen LogP contribution in [-0.2, 0) is 14.3 Å². The number of hydrogen-bond acceptors (Lipinski definition) is 7. The number of ether oxygens (including phenoxy) is 3. The van der Waals surface area contributed by atoms with Gasteiger partial charge in [-0.2, -0.15) is 0 Å². The van der Waals surface area contributed by atoms with E-state index in [-0.39, 0.29) is 17.2 Å². The molecule has 0 unspecified atom stereocenters. The molecule has 1 amide bonds. The first-order valence-corrected chi connectivity index (χ1v) is 22.4. The van der Waals surface area contributed by atoms with Crippen molar-refractivity contribution < 1.29 is 28.6 Å². The van der Waals surface area contributed by atoms with E-state index >= 15 is 0 Å². The maximum atomic E-state index is 13.4. The highest BCUT2D eigenvalue weighted by Crippen LogP contribution is 2.32. The SMILES string of the molecule is COc1ccnc(C(=O)N[C@@H](C)C(=O)OC(C)=C(c2ccc([Si](C)(C)C)cc2)c2ccc([Si](C)(C)C)cc2)c1OC(=O)C(C)(C)C. The summed E-state index contributed by atoms with van der Waals surface area (Å²) in [6, 6.07) is 17.4. The number of nitrogens with one attached hydrogen (secondary N) is 1. The van der Waals surface area contributed by atoms with Gasteiger partial charge in [-0.1, -0.05) is 98.2 Å². The van der Waals surface area contributed by atoms with Gasteiger partial charge in [0.2, 0.25) is 5.75 Å². The molecular weight excluding hydrogens is 613 g/mol. The number of carbonyl (C=O) groups excluding carboxylic acids is 3. The van der Waals surface area contributed by atoms with Gasteiger partial charge in [-0.25, -0.2) is 9.78 Å². The number of nitrogens with zero attached hydrogens (tertiary/aromatic N) is 1. The van der Waals surface area contributed by atoms with E-state index in [4.69, 9.17) is 14.2 Å². The molecule has 0 aliphatic rings. The van der Waals surface area contributed by atoms with Crippen LogP contribution in [0.1, 0.15) is 56.2 Å². The van der Waals surface area contributed by atoms with Crippen molar-refractivity contribution in [2.75, 3.05) is 7.11 Å². The Morgan fingerprint density at radius 3 is 1.70 bits per heavy atom. The second kappa shape index (κ2) is 14.2. The Morgan fingerprint density at radius 1 is 0.804 bits per heavy atom. The molecule has 0 bridgehead atoms. The van der Waals surface area contributed by atoms with Gasteiger partial charge in [0, 0.05) is 17.8 Å². The number of hydrogen-bond donors (Lipinski definition) is 1. The van der Waals surface area contributed by atoms with Crippen LogP contribution in [0.5, 0.6) is 11.5 Å². The minimum Gasteiger partial charge on any atom is -0.493 e. The Kier molecular flexibility index (Phi) is 11.2. The minimum atomic E-state index is -1.52. The number of rotatable bonds is 10. The quantitative estimate of drug-likeness (QED) is 0.155. The van der Waals surface area contributed by atoms with Crippen molar-refractivity contribution in [1.82, 2.24) is 10.3 Å². The lowest BCUT2D eigenvalue weighted by atomic mass is 9.97. The van der Waals surface area contributed by atoms with Crippen molar-refractivity contribution in [3.05, 3.63) is 83.4 Å². The molecule has 8 nitrogen and oxygen atoms in total.